The Morgan fingerprint density at radius 3 is 2.27 bits per heavy atom. The normalized spacial score (nSPS) is 14.9. The molecule has 1 aromatic carbocycles. The van der Waals surface area contributed by atoms with Gasteiger partial charge in [-0.2, -0.15) is 0 Å². The molecule has 0 atom stereocenters. The van der Waals surface area contributed by atoms with Crippen molar-refractivity contribution in [2.45, 2.75) is 32.7 Å². The summed E-state index contributed by atoms with van der Waals surface area (Å²) in [6.07, 6.45) is 0.245. The highest BCUT2D eigenvalue weighted by Gasteiger charge is 2.27. The van der Waals surface area contributed by atoms with Crippen molar-refractivity contribution in [3.05, 3.63) is 29.8 Å². The van der Waals surface area contributed by atoms with Gasteiger partial charge in [-0.05, 0) is 38.5 Å². The van der Waals surface area contributed by atoms with Crippen LogP contribution in [-0.4, -0.2) is 86.5 Å². The Labute approximate surface area is 179 Å². The fourth-order valence-electron chi connectivity index (χ4n) is 3.38. The van der Waals surface area contributed by atoms with Crippen LogP contribution < -0.4 is 15.0 Å². The lowest BCUT2D eigenvalue weighted by Gasteiger charge is -2.33. The maximum absolute atomic E-state index is 12.6. The van der Waals surface area contributed by atoms with Gasteiger partial charge in [0.15, 0.2) is 6.54 Å². The number of quaternary nitrogens is 1. The minimum absolute atomic E-state index is 0.0288. The first-order chi connectivity index (χ1) is 14.1. The quantitative estimate of drug-likeness (QED) is 0.615. The first-order valence-corrected chi connectivity index (χ1v) is 10.4. The molecule has 1 aliphatic heterocycles. The lowest BCUT2D eigenvalue weighted by Crippen LogP contribution is -3.16. The number of methoxy groups -OCH3 is 1. The van der Waals surface area contributed by atoms with Crippen molar-refractivity contribution in [2.75, 3.05) is 53.4 Å². The molecule has 1 fully saturated rings. The first-order valence-electron chi connectivity index (χ1n) is 10.4. The van der Waals surface area contributed by atoms with E-state index in [2.05, 4.69) is 5.32 Å². The largest absolute Gasteiger partial charge is 0.497 e. The Balaban J connectivity index is 1.75. The van der Waals surface area contributed by atoms with Crippen LogP contribution >= 0.6 is 0 Å². The van der Waals surface area contributed by atoms with Crippen molar-refractivity contribution in [1.82, 2.24) is 15.1 Å². The Hall–Kier alpha value is -2.61. The second-order valence-corrected chi connectivity index (χ2v) is 8.88. The number of carbonyl (C=O) groups excluding carboxylic acids is 3. The molecule has 0 radical (unpaired) electrons. The second-order valence-electron chi connectivity index (χ2n) is 8.88. The van der Waals surface area contributed by atoms with Crippen LogP contribution in [0.1, 0.15) is 26.3 Å². The third-order valence-electron chi connectivity index (χ3n) is 5.06. The molecule has 0 saturated carbocycles. The molecule has 8 nitrogen and oxygen atoms in total. The first kappa shape index (κ1) is 23.7. The molecule has 0 spiro atoms. The average molecular weight is 420 g/mol. The predicted octanol–water partition coefficient (Wildman–Crippen LogP) is -0.662. The summed E-state index contributed by atoms with van der Waals surface area (Å²) in [6.45, 7) is 9.01. The molecule has 2 N–H and O–H groups in total. The van der Waals surface area contributed by atoms with E-state index in [0.29, 0.717) is 19.6 Å². The number of benzene rings is 1. The second kappa shape index (κ2) is 10.4. The van der Waals surface area contributed by atoms with Crippen molar-refractivity contribution in [3.63, 3.8) is 0 Å². The zero-order chi connectivity index (χ0) is 22.3. The van der Waals surface area contributed by atoms with Crippen LogP contribution in [0.15, 0.2) is 24.3 Å². The van der Waals surface area contributed by atoms with Crippen molar-refractivity contribution in [2.24, 2.45) is 0 Å². The molecule has 2 rings (SSSR count). The third kappa shape index (κ3) is 7.67. The molecule has 1 saturated heterocycles. The van der Waals surface area contributed by atoms with E-state index in [4.69, 9.17) is 4.74 Å². The van der Waals surface area contributed by atoms with Crippen LogP contribution in [0.2, 0.25) is 0 Å². The number of ether oxygens (including phenoxy) is 1. The van der Waals surface area contributed by atoms with Gasteiger partial charge in [-0.3, -0.25) is 14.4 Å². The molecule has 0 unspecified atom stereocenters. The highest BCUT2D eigenvalue weighted by Crippen LogP contribution is 2.12. The summed E-state index contributed by atoms with van der Waals surface area (Å²) in [5, 5.41) is 2.97. The van der Waals surface area contributed by atoms with Gasteiger partial charge in [0.05, 0.1) is 46.3 Å². The Bertz CT molecular complexity index is 734. The summed E-state index contributed by atoms with van der Waals surface area (Å²) in [7, 11) is 3.25. The van der Waals surface area contributed by atoms with Gasteiger partial charge in [-0.1, -0.05) is 12.1 Å². The van der Waals surface area contributed by atoms with E-state index in [9.17, 15) is 14.4 Å². The summed E-state index contributed by atoms with van der Waals surface area (Å²) < 4.78 is 5.12. The monoisotopic (exact) mass is 419 g/mol. The van der Waals surface area contributed by atoms with Gasteiger partial charge in [-0.25, -0.2) is 0 Å². The molecular formula is C22H35N4O4+. The topological polar surface area (TPSA) is 83.4 Å². The number of nitrogens with zero attached hydrogens (tertiary/aromatic N) is 2. The van der Waals surface area contributed by atoms with E-state index in [1.54, 1.807) is 19.1 Å². The molecule has 0 aromatic heterocycles. The lowest BCUT2D eigenvalue weighted by molar-refractivity contribution is -0.896. The van der Waals surface area contributed by atoms with Gasteiger partial charge in [0.25, 0.3) is 5.91 Å². The van der Waals surface area contributed by atoms with E-state index in [-0.39, 0.29) is 36.2 Å². The summed E-state index contributed by atoms with van der Waals surface area (Å²) >= 11 is 0. The van der Waals surface area contributed by atoms with Crippen molar-refractivity contribution in [3.8, 4) is 5.75 Å². The minimum atomic E-state index is -0.239. The van der Waals surface area contributed by atoms with E-state index >= 15 is 0 Å². The van der Waals surface area contributed by atoms with Gasteiger partial charge in [-0.15, -0.1) is 0 Å². The maximum atomic E-state index is 12.6. The van der Waals surface area contributed by atoms with Gasteiger partial charge in [0, 0.05) is 12.6 Å². The number of carbonyl (C=O) groups is 3. The summed E-state index contributed by atoms with van der Waals surface area (Å²) in [6, 6.07) is 7.34. The molecule has 0 bridgehead atoms. The molecule has 166 valence electrons. The zero-order valence-corrected chi connectivity index (χ0v) is 18.8. The molecular weight excluding hydrogens is 384 g/mol. The van der Waals surface area contributed by atoms with Gasteiger partial charge >= 0.3 is 0 Å². The highest BCUT2D eigenvalue weighted by molar-refractivity contribution is 5.85. The van der Waals surface area contributed by atoms with Gasteiger partial charge in [0.1, 0.15) is 5.75 Å². The fourth-order valence-corrected chi connectivity index (χ4v) is 3.38. The molecule has 30 heavy (non-hydrogen) atoms. The summed E-state index contributed by atoms with van der Waals surface area (Å²) in [5.41, 5.74) is 0.642. The SMILES string of the molecule is COc1ccc(CC(=O)N(C)CC(=O)N2CC[NH+](CC(=O)NC(C)(C)C)CC2)cc1. The van der Waals surface area contributed by atoms with Gasteiger partial charge in [0.2, 0.25) is 11.8 Å². The van der Waals surface area contributed by atoms with Crippen LogP contribution in [0.25, 0.3) is 0 Å². The van der Waals surface area contributed by atoms with Crippen LogP contribution in [0, 0.1) is 0 Å². The molecule has 3 amide bonds. The van der Waals surface area contributed by atoms with E-state index in [1.165, 1.54) is 9.80 Å². The number of nitrogens with one attached hydrogen (secondary N) is 2. The molecule has 1 aromatic rings. The van der Waals surface area contributed by atoms with Crippen LogP contribution in [0.5, 0.6) is 5.75 Å². The molecule has 0 aliphatic carbocycles. The number of hydrogen-bond acceptors (Lipinski definition) is 4. The highest BCUT2D eigenvalue weighted by atomic mass is 16.5. The fraction of sp³-hybridized carbons (Fsp3) is 0.591. The van der Waals surface area contributed by atoms with E-state index in [0.717, 1.165) is 24.4 Å². The number of hydrogen-bond donors (Lipinski definition) is 2. The molecule has 1 aliphatic rings. The molecule has 8 heteroatoms. The maximum Gasteiger partial charge on any atom is 0.275 e. The lowest BCUT2D eigenvalue weighted by atomic mass is 10.1. The number of piperazine rings is 1. The van der Waals surface area contributed by atoms with Crippen molar-refractivity contribution < 1.29 is 24.0 Å². The minimum Gasteiger partial charge on any atom is -0.497 e. The number of rotatable bonds is 7. The number of likely N-dealkylation sites (N-methyl/N-ethyl adjacent to an activating group) is 1. The zero-order valence-electron chi connectivity index (χ0n) is 18.8. The van der Waals surface area contributed by atoms with Crippen molar-refractivity contribution >= 4 is 17.7 Å². The van der Waals surface area contributed by atoms with E-state index in [1.807, 2.05) is 45.0 Å². The smallest absolute Gasteiger partial charge is 0.275 e. The molecule has 1 heterocycles. The average Bonchev–Trinajstić information content (AvgIpc) is 2.67. The summed E-state index contributed by atoms with van der Waals surface area (Å²) in [5.74, 6) is 0.614. The van der Waals surface area contributed by atoms with Gasteiger partial charge < -0.3 is 24.8 Å². The van der Waals surface area contributed by atoms with Crippen molar-refractivity contribution in [1.29, 1.82) is 0 Å². The standard InChI is InChI=1S/C22H34N4O4/c1-22(2,3)23-19(27)15-25-10-12-26(13-11-25)21(29)16-24(4)20(28)14-17-6-8-18(30-5)9-7-17/h6-9H,10-16H2,1-5H3,(H,23,27)/p+1. The van der Waals surface area contributed by atoms with E-state index < -0.39 is 0 Å². The number of amides is 3. The Kier molecular flexibility index (Phi) is 8.23. The van der Waals surface area contributed by atoms with Crippen LogP contribution in [-0.2, 0) is 20.8 Å². The summed E-state index contributed by atoms with van der Waals surface area (Å²) in [4.78, 5) is 41.6. The predicted molar refractivity (Wildman–Crippen MR) is 114 cm³/mol. The van der Waals surface area contributed by atoms with Crippen LogP contribution in [0.3, 0.4) is 0 Å². The Morgan fingerprint density at radius 2 is 1.73 bits per heavy atom. The third-order valence-corrected chi connectivity index (χ3v) is 5.06. The van der Waals surface area contributed by atoms with Crippen LogP contribution in [0.4, 0.5) is 0 Å². The Morgan fingerprint density at radius 1 is 1.13 bits per heavy atom.